The molecule has 0 aromatic heterocycles. The fourth-order valence-electron chi connectivity index (χ4n) is 5.17. The minimum absolute atomic E-state index is 0.0843. The molecule has 0 saturated heterocycles. The van der Waals surface area contributed by atoms with Crippen LogP contribution in [0.3, 0.4) is 0 Å². The second-order valence-corrected chi connectivity index (χ2v) is 14.0. The quantitative estimate of drug-likeness (QED) is 0.0409. The van der Waals surface area contributed by atoms with E-state index in [1.54, 1.807) is 14.1 Å². The van der Waals surface area contributed by atoms with Crippen LogP contribution in [0.4, 0.5) is 0 Å². The van der Waals surface area contributed by atoms with Crippen LogP contribution < -0.4 is 4.89 Å². The summed E-state index contributed by atoms with van der Waals surface area (Å²) >= 11 is 0. The van der Waals surface area contributed by atoms with E-state index in [9.17, 15) is 19.7 Å². The van der Waals surface area contributed by atoms with Crippen molar-refractivity contribution in [3.8, 4) is 0 Å². The third kappa shape index (κ3) is 21.6. The molecule has 0 aliphatic heterocycles. The van der Waals surface area contributed by atoms with Gasteiger partial charge in [-0.3, -0.25) is 0 Å². The summed E-state index contributed by atoms with van der Waals surface area (Å²) in [7, 11) is 0.879. The number of aliphatic hydroxyl groups is 2. The van der Waals surface area contributed by atoms with Crippen molar-refractivity contribution >= 4 is 7.60 Å². The Bertz CT molecular complexity index is 606. The van der Waals surface area contributed by atoms with Crippen molar-refractivity contribution in [3.63, 3.8) is 0 Å². The Morgan fingerprint density at radius 3 is 1.62 bits per heavy atom. The summed E-state index contributed by atoms with van der Waals surface area (Å²) in [5, 5.41) is 18.4. The highest BCUT2D eigenvalue weighted by atomic mass is 31.2. The van der Waals surface area contributed by atoms with E-state index in [0.29, 0.717) is 32.6 Å². The zero-order chi connectivity index (χ0) is 30.1. The van der Waals surface area contributed by atoms with Gasteiger partial charge in [0, 0.05) is 26.6 Å². The second-order valence-electron chi connectivity index (χ2n) is 12.1. The Kier molecular flexibility index (Phi) is 25.4. The van der Waals surface area contributed by atoms with E-state index < -0.39 is 25.8 Å². The van der Waals surface area contributed by atoms with Gasteiger partial charge in [0.15, 0.2) is 19.7 Å². The van der Waals surface area contributed by atoms with Gasteiger partial charge in [-0.1, -0.05) is 110 Å². The van der Waals surface area contributed by atoms with Crippen LogP contribution >= 0.6 is 7.60 Å². The Balaban J connectivity index is 3.94. The predicted octanol–water partition coefficient (Wildman–Crippen LogP) is 6.75. The monoisotopic (exact) mass is 595 g/mol. The number of rotatable bonds is 30. The average molecular weight is 596 g/mol. The number of hydrogen-bond acceptors (Lipinski definition) is 7. The summed E-state index contributed by atoms with van der Waals surface area (Å²) in [6.07, 6.45) is 20.6. The van der Waals surface area contributed by atoms with Gasteiger partial charge >= 0.3 is 0 Å². The normalized spacial score (nSPS) is 15.4. The van der Waals surface area contributed by atoms with E-state index in [1.165, 1.54) is 97.0 Å². The second kappa shape index (κ2) is 25.4. The highest BCUT2D eigenvalue weighted by Gasteiger charge is 2.38. The maximum atomic E-state index is 13.0. The molecule has 0 aromatic carbocycles. The van der Waals surface area contributed by atoms with Gasteiger partial charge in [-0.05, 0) is 12.8 Å². The maximum absolute atomic E-state index is 13.0. The van der Waals surface area contributed by atoms with Crippen molar-refractivity contribution in [3.05, 3.63) is 0 Å². The number of hydrogen-bond donors (Lipinski definition) is 2. The van der Waals surface area contributed by atoms with Crippen LogP contribution in [-0.4, -0.2) is 80.4 Å². The number of quaternary nitrogens is 1. The van der Waals surface area contributed by atoms with Crippen molar-refractivity contribution in [1.29, 1.82) is 0 Å². The molecule has 0 rings (SSSR count). The molecule has 2 N–H and O–H groups in total. The number of ether oxygens (including phenoxy) is 2. The van der Waals surface area contributed by atoms with Crippen LogP contribution in [0.2, 0.25) is 0 Å². The summed E-state index contributed by atoms with van der Waals surface area (Å²) in [5.41, 5.74) is 0. The molecule has 0 spiro atoms. The van der Waals surface area contributed by atoms with Crippen LogP contribution in [-0.2, 0) is 18.6 Å². The molecule has 8 nitrogen and oxygen atoms in total. The minimum atomic E-state index is -4.22. The fraction of sp³-hybridized carbons (Fsp3) is 1.00. The molecule has 0 amide bonds. The largest absolute Gasteiger partial charge is 0.774 e. The van der Waals surface area contributed by atoms with Crippen molar-refractivity contribution in [2.45, 2.75) is 154 Å². The molecule has 0 aromatic rings. The molecule has 9 heteroatoms. The van der Waals surface area contributed by atoms with E-state index in [1.807, 2.05) is 6.92 Å². The lowest BCUT2D eigenvalue weighted by Gasteiger charge is -2.44. The summed E-state index contributed by atoms with van der Waals surface area (Å²) in [5.74, 6) is -0.764. The molecule has 3 atom stereocenters. The van der Waals surface area contributed by atoms with Crippen molar-refractivity contribution in [2.24, 2.45) is 0 Å². The van der Waals surface area contributed by atoms with Crippen molar-refractivity contribution < 1.29 is 38.2 Å². The topological polar surface area (TPSA) is 108 Å². The van der Waals surface area contributed by atoms with Gasteiger partial charge in [0.25, 0.3) is 0 Å². The molecular formula is C31H66NO7P. The van der Waals surface area contributed by atoms with Crippen LogP contribution in [0, 0.1) is 0 Å². The van der Waals surface area contributed by atoms with Gasteiger partial charge in [-0.2, -0.15) is 0 Å². The van der Waals surface area contributed by atoms with E-state index in [0.717, 1.165) is 12.8 Å². The van der Waals surface area contributed by atoms with E-state index in [2.05, 4.69) is 6.92 Å². The summed E-state index contributed by atoms with van der Waals surface area (Å²) in [4.78, 5) is 13.0. The van der Waals surface area contributed by atoms with Crippen molar-refractivity contribution in [2.75, 3.05) is 47.6 Å². The highest BCUT2D eigenvalue weighted by Crippen LogP contribution is 2.48. The van der Waals surface area contributed by atoms with Gasteiger partial charge < -0.3 is 38.2 Å². The zero-order valence-corrected chi connectivity index (χ0v) is 27.7. The average Bonchev–Trinajstić information content (AvgIpc) is 2.91. The number of methoxy groups -OCH3 is 1. The minimum Gasteiger partial charge on any atom is -0.774 e. The first kappa shape index (κ1) is 40.0. The van der Waals surface area contributed by atoms with Gasteiger partial charge in [0.05, 0.1) is 33.9 Å². The molecule has 0 aliphatic rings. The van der Waals surface area contributed by atoms with Gasteiger partial charge in [-0.15, -0.1) is 0 Å². The van der Waals surface area contributed by atoms with Crippen LogP contribution in [0.15, 0.2) is 0 Å². The summed E-state index contributed by atoms with van der Waals surface area (Å²) in [6.45, 7) is 5.36. The molecule has 0 radical (unpaired) electrons. The van der Waals surface area contributed by atoms with Crippen LogP contribution in [0.25, 0.3) is 0 Å². The molecule has 40 heavy (non-hydrogen) atoms. The molecule has 242 valence electrons. The Morgan fingerprint density at radius 2 is 1.20 bits per heavy atom. The lowest BCUT2D eigenvalue weighted by Crippen LogP contribution is -2.51. The van der Waals surface area contributed by atoms with Gasteiger partial charge in [0.2, 0.25) is 0 Å². The van der Waals surface area contributed by atoms with Crippen molar-refractivity contribution in [1.82, 2.24) is 0 Å². The summed E-state index contributed by atoms with van der Waals surface area (Å²) < 4.78 is 29.7. The van der Waals surface area contributed by atoms with E-state index >= 15 is 0 Å². The summed E-state index contributed by atoms with van der Waals surface area (Å²) in [6, 6.07) is 0. The molecule has 0 fully saturated rings. The third-order valence-corrected chi connectivity index (χ3v) is 10.0. The highest BCUT2D eigenvalue weighted by molar-refractivity contribution is 7.51. The first-order valence-electron chi connectivity index (χ1n) is 16.3. The Labute approximate surface area is 247 Å². The van der Waals surface area contributed by atoms with Crippen LogP contribution in [0.1, 0.15) is 136 Å². The molecular weight excluding hydrogens is 529 g/mol. The fourth-order valence-corrected chi connectivity index (χ4v) is 7.17. The first-order chi connectivity index (χ1) is 19.1. The molecule has 0 bridgehead atoms. The molecule has 0 saturated carbocycles. The molecule has 2 unspecified atom stereocenters. The van der Waals surface area contributed by atoms with E-state index in [-0.39, 0.29) is 17.5 Å². The van der Waals surface area contributed by atoms with E-state index in [4.69, 9.17) is 14.0 Å². The Hall–Kier alpha value is -0.0500. The Morgan fingerprint density at radius 1 is 0.725 bits per heavy atom. The number of aliphatic hydroxyl groups excluding tert-OH is 1. The predicted molar refractivity (Wildman–Crippen MR) is 163 cm³/mol. The smallest absolute Gasteiger partial charge is 0.193 e. The maximum Gasteiger partial charge on any atom is 0.193 e. The van der Waals surface area contributed by atoms with Crippen LogP contribution in [0.5, 0.6) is 0 Å². The lowest BCUT2D eigenvalue weighted by atomic mass is 10.0. The first-order valence-corrected chi connectivity index (χ1v) is 18.0. The lowest BCUT2D eigenvalue weighted by molar-refractivity contribution is -0.905. The third-order valence-electron chi connectivity index (χ3n) is 7.90. The van der Waals surface area contributed by atoms with Gasteiger partial charge in [0.1, 0.15) is 6.10 Å². The SMILES string of the molecule is CCCCCCCCCCCCCCCCCCOC[C@H](COP(=O)([O-])C(CCC)[N+](C)(C)CCC(O)O)OC. The molecule has 0 aliphatic carbocycles. The molecule has 0 heterocycles. The van der Waals surface area contributed by atoms with Gasteiger partial charge in [-0.25, -0.2) is 0 Å². The standard InChI is InChI=1S/C31H66NO7P/c1-6-8-9-10-11-12-13-14-15-16-17-18-19-20-21-22-26-38-27-29(37-5)28-39-40(35,36)30(23-7-2)32(3,4)25-24-31(33)34/h29-31,33-34H,6-28H2,1-5H3/t29-,30?/m1/s1. The number of unbranched alkanes of at least 4 members (excludes halogenated alkanes) is 15. The number of nitrogens with zero attached hydrogens (tertiary/aromatic N) is 1. The zero-order valence-electron chi connectivity index (χ0n) is 26.8.